The molecular weight excluding hydrogens is 419 g/mol. The molecule has 3 rings (SSSR count). The number of hydrogen-bond donors (Lipinski definition) is 2. The molecule has 9 nitrogen and oxygen atoms in total. The fourth-order valence-corrected chi connectivity index (χ4v) is 2.86. The van der Waals surface area contributed by atoms with Gasteiger partial charge in [-0.05, 0) is 38.1 Å². The fourth-order valence-electron chi connectivity index (χ4n) is 2.86. The number of alkyl halides is 3. The monoisotopic (exact) mass is 437 g/mol. The first kappa shape index (κ1) is 21.9. The quantitative estimate of drug-likeness (QED) is 0.588. The Morgan fingerprint density at radius 1 is 1.19 bits per heavy atom. The standard InChI is InChI=1S/C19H18F3N5O4/c1-11-17(24-18(30)15-6-7-23-26(15)9-16(28)29)12(2)27(25-11)10-31-14-5-3-4-13(8-14)19(20,21)22/h3-8H,9-10H2,1-2H3,(H,24,30)(H,28,29). The summed E-state index contributed by atoms with van der Waals surface area (Å²) >= 11 is 0. The van der Waals surface area contributed by atoms with Crippen molar-refractivity contribution < 1.29 is 32.6 Å². The second-order valence-corrected chi connectivity index (χ2v) is 6.57. The Bertz CT molecular complexity index is 1120. The van der Waals surface area contributed by atoms with Crippen LogP contribution in [0.2, 0.25) is 0 Å². The molecule has 12 heteroatoms. The molecule has 0 spiro atoms. The van der Waals surface area contributed by atoms with E-state index in [-0.39, 0.29) is 18.2 Å². The number of aromatic nitrogens is 4. The summed E-state index contributed by atoms with van der Waals surface area (Å²) in [5, 5.41) is 19.6. The summed E-state index contributed by atoms with van der Waals surface area (Å²) in [6, 6.07) is 5.85. The molecule has 2 heterocycles. The summed E-state index contributed by atoms with van der Waals surface area (Å²) < 4.78 is 46.4. The van der Waals surface area contributed by atoms with E-state index in [0.29, 0.717) is 17.1 Å². The van der Waals surface area contributed by atoms with Crippen LogP contribution in [0.15, 0.2) is 36.5 Å². The minimum Gasteiger partial charge on any atom is -0.480 e. The lowest BCUT2D eigenvalue weighted by Crippen LogP contribution is -2.21. The number of hydrogen-bond acceptors (Lipinski definition) is 5. The smallest absolute Gasteiger partial charge is 0.416 e. The molecule has 3 aromatic rings. The van der Waals surface area contributed by atoms with Crippen molar-refractivity contribution in [2.75, 3.05) is 5.32 Å². The summed E-state index contributed by atoms with van der Waals surface area (Å²) in [6.07, 6.45) is -3.17. The first-order valence-corrected chi connectivity index (χ1v) is 8.95. The molecule has 31 heavy (non-hydrogen) atoms. The van der Waals surface area contributed by atoms with Crippen LogP contribution < -0.4 is 10.1 Å². The van der Waals surface area contributed by atoms with E-state index in [1.54, 1.807) is 13.8 Å². The SMILES string of the molecule is Cc1nn(COc2cccc(C(F)(F)F)c2)c(C)c1NC(=O)c1ccnn1CC(=O)O. The van der Waals surface area contributed by atoms with Crippen molar-refractivity contribution in [2.45, 2.75) is 33.3 Å². The molecule has 0 bridgehead atoms. The van der Waals surface area contributed by atoms with Crippen molar-refractivity contribution in [3.63, 3.8) is 0 Å². The number of nitrogens with zero attached hydrogens (tertiary/aromatic N) is 4. The van der Waals surface area contributed by atoms with Gasteiger partial charge in [-0.2, -0.15) is 23.4 Å². The molecule has 1 amide bonds. The third-order valence-electron chi connectivity index (χ3n) is 4.37. The van der Waals surface area contributed by atoms with Crippen molar-refractivity contribution in [3.05, 3.63) is 59.2 Å². The normalized spacial score (nSPS) is 11.4. The minimum atomic E-state index is -4.48. The summed E-state index contributed by atoms with van der Waals surface area (Å²) in [7, 11) is 0. The number of carbonyl (C=O) groups excluding carboxylic acids is 1. The summed E-state index contributed by atoms with van der Waals surface area (Å²) in [5.41, 5.74) is 0.545. The highest BCUT2D eigenvalue weighted by Gasteiger charge is 2.30. The maximum atomic E-state index is 12.8. The number of carboxylic acid groups (broad SMARTS) is 1. The van der Waals surface area contributed by atoms with E-state index in [1.165, 1.54) is 29.1 Å². The van der Waals surface area contributed by atoms with Crippen molar-refractivity contribution >= 4 is 17.6 Å². The van der Waals surface area contributed by atoms with E-state index < -0.39 is 30.2 Å². The van der Waals surface area contributed by atoms with Gasteiger partial charge in [0.25, 0.3) is 5.91 Å². The van der Waals surface area contributed by atoms with Gasteiger partial charge in [0.15, 0.2) is 6.73 Å². The number of benzene rings is 1. The Balaban J connectivity index is 1.73. The zero-order valence-electron chi connectivity index (χ0n) is 16.5. The number of aryl methyl sites for hydroxylation is 1. The van der Waals surface area contributed by atoms with Crippen LogP contribution in [-0.4, -0.2) is 36.5 Å². The van der Waals surface area contributed by atoms with Crippen molar-refractivity contribution in [1.29, 1.82) is 0 Å². The summed E-state index contributed by atoms with van der Waals surface area (Å²) in [4.78, 5) is 23.5. The van der Waals surface area contributed by atoms with E-state index in [4.69, 9.17) is 9.84 Å². The molecule has 0 saturated heterocycles. The van der Waals surface area contributed by atoms with Gasteiger partial charge in [-0.1, -0.05) is 6.07 Å². The third kappa shape index (κ3) is 5.02. The van der Waals surface area contributed by atoms with Gasteiger partial charge in [0.05, 0.1) is 22.6 Å². The highest BCUT2D eigenvalue weighted by Crippen LogP contribution is 2.31. The molecule has 0 radical (unpaired) electrons. The molecule has 1 aromatic carbocycles. The number of nitrogens with one attached hydrogen (secondary N) is 1. The highest BCUT2D eigenvalue weighted by molar-refractivity contribution is 6.03. The topological polar surface area (TPSA) is 111 Å². The molecule has 0 unspecified atom stereocenters. The Labute approximate surface area is 174 Å². The summed E-state index contributed by atoms with van der Waals surface area (Å²) in [6.45, 7) is 2.64. The number of carboxylic acids is 1. The molecular formula is C19H18F3N5O4. The number of rotatable bonds is 7. The second-order valence-electron chi connectivity index (χ2n) is 6.57. The van der Waals surface area contributed by atoms with Gasteiger partial charge in [-0.15, -0.1) is 0 Å². The zero-order chi connectivity index (χ0) is 22.8. The number of aliphatic carboxylic acids is 1. The van der Waals surface area contributed by atoms with E-state index >= 15 is 0 Å². The van der Waals surface area contributed by atoms with Gasteiger partial charge in [0.2, 0.25) is 0 Å². The number of anilines is 1. The molecule has 0 atom stereocenters. The largest absolute Gasteiger partial charge is 0.480 e. The average Bonchev–Trinajstić information content (AvgIpc) is 3.25. The van der Waals surface area contributed by atoms with Crippen LogP contribution in [0, 0.1) is 13.8 Å². The van der Waals surface area contributed by atoms with E-state index in [9.17, 15) is 22.8 Å². The maximum absolute atomic E-state index is 12.8. The van der Waals surface area contributed by atoms with Gasteiger partial charge in [0, 0.05) is 6.20 Å². The minimum absolute atomic E-state index is 0.0190. The van der Waals surface area contributed by atoms with Crippen LogP contribution in [-0.2, 0) is 24.2 Å². The van der Waals surface area contributed by atoms with Crippen LogP contribution in [0.3, 0.4) is 0 Å². The molecule has 0 aliphatic rings. The first-order chi connectivity index (χ1) is 14.6. The predicted molar refractivity (Wildman–Crippen MR) is 102 cm³/mol. The first-order valence-electron chi connectivity index (χ1n) is 8.95. The van der Waals surface area contributed by atoms with Crippen molar-refractivity contribution in [2.24, 2.45) is 0 Å². The van der Waals surface area contributed by atoms with Crippen molar-refractivity contribution in [3.8, 4) is 5.75 Å². The molecule has 0 aliphatic heterocycles. The Morgan fingerprint density at radius 2 is 1.94 bits per heavy atom. The predicted octanol–water partition coefficient (Wildman–Crippen LogP) is 3.09. The Hall–Kier alpha value is -3.83. The lowest BCUT2D eigenvalue weighted by molar-refractivity contribution is -0.138. The number of carbonyl (C=O) groups is 2. The number of halogens is 3. The van der Waals surface area contributed by atoms with Crippen LogP contribution in [0.5, 0.6) is 5.75 Å². The van der Waals surface area contributed by atoms with Gasteiger partial charge < -0.3 is 15.2 Å². The van der Waals surface area contributed by atoms with E-state index in [1.807, 2.05) is 0 Å². The van der Waals surface area contributed by atoms with Gasteiger partial charge >= 0.3 is 12.1 Å². The van der Waals surface area contributed by atoms with Crippen LogP contribution in [0.4, 0.5) is 18.9 Å². The van der Waals surface area contributed by atoms with Crippen molar-refractivity contribution in [1.82, 2.24) is 19.6 Å². The van der Waals surface area contributed by atoms with Crippen LogP contribution >= 0.6 is 0 Å². The van der Waals surface area contributed by atoms with Crippen LogP contribution in [0.1, 0.15) is 27.4 Å². The fraction of sp³-hybridized carbons (Fsp3) is 0.263. The third-order valence-corrected chi connectivity index (χ3v) is 4.37. The van der Waals surface area contributed by atoms with Gasteiger partial charge in [0.1, 0.15) is 18.0 Å². The van der Waals surface area contributed by atoms with Crippen LogP contribution in [0.25, 0.3) is 0 Å². The molecule has 2 N–H and O–H groups in total. The summed E-state index contributed by atoms with van der Waals surface area (Å²) in [5.74, 6) is -1.71. The maximum Gasteiger partial charge on any atom is 0.416 e. The molecule has 0 saturated carbocycles. The lowest BCUT2D eigenvalue weighted by atomic mass is 10.2. The zero-order valence-corrected chi connectivity index (χ0v) is 16.5. The molecule has 0 fully saturated rings. The molecule has 164 valence electrons. The number of amides is 1. The average molecular weight is 437 g/mol. The van der Waals surface area contributed by atoms with Gasteiger partial charge in [-0.3, -0.25) is 9.59 Å². The second kappa shape index (κ2) is 8.50. The molecule has 0 aliphatic carbocycles. The Kier molecular flexibility index (Phi) is 5.99. The van der Waals surface area contributed by atoms with Gasteiger partial charge in [-0.25, -0.2) is 9.36 Å². The highest BCUT2D eigenvalue weighted by atomic mass is 19.4. The molecule has 2 aromatic heterocycles. The van der Waals surface area contributed by atoms with E-state index in [2.05, 4.69) is 15.5 Å². The number of ether oxygens (including phenoxy) is 1. The lowest BCUT2D eigenvalue weighted by Gasteiger charge is -2.11. The Morgan fingerprint density at radius 3 is 2.61 bits per heavy atom. The van der Waals surface area contributed by atoms with E-state index in [0.717, 1.165) is 16.8 Å².